The van der Waals surface area contributed by atoms with E-state index in [1.165, 1.54) is 0 Å². The van der Waals surface area contributed by atoms with E-state index in [2.05, 4.69) is 33.2 Å². The van der Waals surface area contributed by atoms with Gasteiger partial charge in [-0.25, -0.2) is 4.79 Å². The minimum absolute atomic E-state index is 0.291. The van der Waals surface area contributed by atoms with Gasteiger partial charge in [-0.15, -0.1) is 0 Å². The van der Waals surface area contributed by atoms with Crippen LogP contribution in [0.3, 0.4) is 0 Å². The van der Waals surface area contributed by atoms with Crippen LogP contribution in [0.25, 0.3) is 16.7 Å². The first-order chi connectivity index (χ1) is 16.5. The predicted molar refractivity (Wildman–Crippen MR) is 134 cm³/mol. The van der Waals surface area contributed by atoms with Crippen molar-refractivity contribution in [3.63, 3.8) is 0 Å². The molecular weight excluding hydrogens is 428 g/mol. The van der Waals surface area contributed by atoms with E-state index >= 15 is 0 Å². The van der Waals surface area contributed by atoms with E-state index in [4.69, 9.17) is 11.1 Å². The minimum Gasteiger partial charge on any atom is -0.356 e. The molecule has 1 aromatic carbocycles. The molecule has 34 heavy (non-hydrogen) atoms. The fourth-order valence-corrected chi connectivity index (χ4v) is 5.03. The zero-order valence-corrected chi connectivity index (χ0v) is 19.8. The van der Waals surface area contributed by atoms with Gasteiger partial charge in [-0.05, 0) is 55.6 Å². The zero-order valence-electron chi connectivity index (χ0n) is 19.8. The molecule has 5 rings (SSSR count). The van der Waals surface area contributed by atoms with Gasteiger partial charge in [0, 0.05) is 55.9 Å². The summed E-state index contributed by atoms with van der Waals surface area (Å²) in [6.45, 7) is 8.44. The number of benzene rings is 1. The fourth-order valence-electron chi connectivity index (χ4n) is 5.03. The average Bonchev–Trinajstić information content (AvgIpc) is 3.47. The Balaban J connectivity index is 1.32. The minimum atomic E-state index is -0.291. The van der Waals surface area contributed by atoms with E-state index in [1.54, 1.807) is 4.57 Å². The topological polar surface area (TPSA) is 119 Å². The third-order valence-electron chi connectivity index (χ3n) is 7.01. The Morgan fingerprint density at radius 2 is 2.09 bits per heavy atom. The van der Waals surface area contributed by atoms with E-state index in [-0.39, 0.29) is 5.69 Å². The number of aromatic amines is 1. The molecule has 2 aliphatic heterocycles. The second-order valence-corrected chi connectivity index (χ2v) is 9.73. The number of hydrogen-bond donors (Lipinski definition) is 4. The van der Waals surface area contributed by atoms with Gasteiger partial charge in [0.2, 0.25) is 0 Å². The first-order valence-electron chi connectivity index (χ1n) is 12.2. The maximum Gasteiger partial charge on any atom is 0.354 e. The zero-order chi connectivity index (χ0) is 23.7. The number of nitrogens with zero attached hydrogens (tertiary/aromatic N) is 4. The van der Waals surface area contributed by atoms with Gasteiger partial charge >= 0.3 is 5.69 Å². The molecule has 0 amide bonds. The third-order valence-corrected chi connectivity index (χ3v) is 7.01. The molecule has 0 unspecified atom stereocenters. The third kappa shape index (κ3) is 4.71. The molecule has 0 bridgehead atoms. The number of fused-ring (bicyclic) bond motifs is 1. The van der Waals surface area contributed by atoms with E-state index in [9.17, 15) is 4.79 Å². The van der Waals surface area contributed by atoms with E-state index in [0.717, 1.165) is 67.9 Å². The number of rotatable bonds is 7. The Morgan fingerprint density at radius 1 is 1.26 bits per heavy atom. The number of H-pyrrole nitrogens is 1. The number of nitrogens with two attached hydrogens (primary N) is 1. The van der Waals surface area contributed by atoms with E-state index in [0.29, 0.717) is 36.5 Å². The molecule has 0 spiro atoms. The van der Waals surface area contributed by atoms with E-state index < -0.39 is 0 Å². The van der Waals surface area contributed by atoms with Crippen LogP contribution in [0.15, 0.2) is 41.3 Å². The lowest BCUT2D eigenvalue weighted by atomic mass is 10.1. The summed E-state index contributed by atoms with van der Waals surface area (Å²) in [5, 5.41) is 12.1. The number of guanidine groups is 1. The smallest absolute Gasteiger partial charge is 0.354 e. The summed E-state index contributed by atoms with van der Waals surface area (Å²) in [5.41, 5.74) is 9.20. The van der Waals surface area contributed by atoms with Gasteiger partial charge in [0.15, 0.2) is 5.96 Å². The Kier molecular flexibility index (Phi) is 6.38. The number of aromatic nitrogens is 3. The van der Waals surface area contributed by atoms with Crippen LogP contribution in [0.2, 0.25) is 0 Å². The normalized spacial score (nSPS) is 20.1. The molecular formula is C25H34N8O. The van der Waals surface area contributed by atoms with Crippen molar-refractivity contribution in [1.29, 1.82) is 5.41 Å². The van der Waals surface area contributed by atoms with Crippen molar-refractivity contribution in [2.45, 2.75) is 32.2 Å². The van der Waals surface area contributed by atoms with Crippen LogP contribution in [-0.2, 0) is 6.54 Å². The molecule has 3 aromatic rings. The Hall–Kier alpha value is -3.17. The van der Waals surface area contributed by atoms with Crippen LogP contribution >= 0.6 is 0 Å². The highest BCUT2D eigenvalue weighted by atomic mass is 16.1. The standard InChI is InChI=1S/C25H34N8O/c1-17(12-26)13-31-10-7-19(15-31)22-11-20-16-33(25(34)30-23(20)29-22)21-5-3-18(4-6-21)14-32-9-2-8-28-24(32)27/h3-6,11,16-17,19H,2,7-10,12-15,26H2,1H3,(H2,27,28)(H,29,30,34)/t17-,19+/m0/s1. The summed E-state index contributed by atoms with van der Waals surface area (Å²) in [6.07, 6.45) is 4.01. The van der Waals surface area contributed by atoms with Gasteiger partial charge in [-0.1, -0.05) is 19.1 Å². The lowest BCUT2D eigenvalue weighted by Crippen LogP contribution is -2.46. The maximum absolute atomic E-state index is 12.8. The highest BCUT2D eigenvalue weighted by molar-refractivity contribution is 5.77. The van der Waals surface area contributed by atoms with Crippen LogP contribution in [-0.4, -0.2) is 69.6 Å². The largest absolute Gasteiger partial charge is 0.356 e. The SMILES string of the molecule is C[C@@H](CN)CN1CC[C@@H](c2cc3cn(-c4ccc(CN5CCCNC5=N)cc4)c(=O)nc3[nH]2)C1. The maximum atomic E-state index is 12.8. The van der Waals surface area contributed by atoms with Crippen molar-refractivity contribution < 1.29 is 0 Å². The van der Waals surface area contributed by atoms with Crippen molar-refractivity contribution >= 4 is 17.0 Å². The monoisotopic (exact) mass is 462 g/mol. The lowest BCUT2D eigenvalue weighted by Gasteiger charge is -2.30. The molecule has 2 fully saturated rings. The molecule has 2 saturated heterocycles. The van der Waals surface area contributed by atoms with Crippen LogP contribution in [0.5, 0.6) is 0 Å². The van der Waals surface area contributed by atoms with Crippen LogP contribution in [0, 0.1) is 11.3 Å². The Bertz CT molecular complexity index is 1210. The molecule has 9 heteroatoms. The Labute approximate surface area is 199 Å². The highest BCUT2D eigenvalue weighted by Crippen LogP contribution is 2.29. The fraction of sp³-hybridized carbons (Fsp3) is 0.480. The molecule has 2 atom stereocenters. The summed E-state index contributed by atoms with van der Waals surface area (Å²) in [4.78, 5) is 25.0. The lowest BCUT2D eigenvalue weighted by molar-refractivity contribution is 0.288. The second-order valence-electron chi connectivity index (χ2n) is 9.73. The van der Waals surface area contributed by atoms with Crippen LogP contribution in [0.1, 0.15) is 36.9 Å². The number of likely N-dealkylation sites (tertiary alicyclic amines) is 1. The van der Waals surface area contributed by atoms with Gasteiger partial charge in [-0.3, -0.25) is 9.98 Å². The van der Waals surface area contributed by atoms with Gasteiger partial charge in [0.1, 0.15) is 5.65 Å². The summed E-state index contributed by atoms with van der Waals surface area (Å²) < 4.78 is 1.61. The second kappa shape index (κ2) is 9.60. The number of hydrogen-bond acceptors (Lipinski definition) is 5. The molecule has 9 nitrogen and oxygen atoms in total. The molecule has 0 saturated carbocycles. The van der Waals surface area contributed by atoms with Crippen LogP contribution in [0.4, 0.5) is 0 Å². The summed E-state index contributed by atoms with van der Waals surface area (Å²) in [7, 11) is 0. The van der Waals surface area contributed by atoms with E-state index in [1.807, 2.05) is 35.4 Å². The van der Waals surface area contributed by atoms with Crippen molar-refractivity contribution in [3.8, 4) is 5.69 Å². The molecule has 0 radical (unpaired) electrons. The van der Waals surface area contributed by atoms with Crippen molar-refractivity contribution in [2.75, 3.05) is 39.3 Å². The van der Waals surface area contributed by atoms with Gasteiger partial charge < -0.3 is 25.8 Å². The molecule has 5 N–H and O–H groups in total. The molecule has 180 valence electrons. The summed E-state index contributed by atoms with van der Waals surface area (Å²) >= 11 is 0. The molecule has 2 aliphatic rings. The Morgan fingerprint density at radius 3 is 2.85 bits per heavy atom. The summed E-state index contributed by atoms with van der Waals surface area (Å²) in [5.74, 6) is 1.40. The van der Waals surface area contributed by atoms with Crippen molar-refractivity contribution in [1.82, 2.24) is 29.7 Å². The van der Waals surface area contributed by atoms with Crippen LogP contribution < -0.4 is 16.7 Å². The van der Waals surface area contributed by atoms with Crippen molar-refractivity contribution in [2.24, 2.45) is 11.7 Å². The first-order valence-corrected chi connectivity index (χ1v) is 12.2. The average molecular weight is 463 g/mol. The molecule has 4 heterocycles. The quantitative estimate of drug-likeness (QED) is 0.425. The van der Waals surface area contributed by atoms with Gasteiger partial charge in [0.05, 0.1) is 5.69 Å². The first kappa shape index (κ1) is 22.6. The van der Waals surface area contributed by atoms with Gasteiger partial charge in [-0.2, -0.15) is 4.98 Å². The highest BCUT2D eigenvalue weighted by Gasteiger charge is 2.26. The predicted octanol–water partition coefficient (Wildman–Crippen LogP) is 1.83. The molecule has 0 aliphatic carbocycles. The molecule has 2 aromatic heterocycles. The summed E-state index contributed by atoms with van der Waals surface area (Å²) in [6, 6.07) is 10.1. The number of nitrogens with one attached hydrogen (secondary N) is 3. The van der Waals surface area contributed by atoms with Gasteiger partial charge in [0.25, 0.3) is 0 Å². The van der Waals surface area contributed by atoms with Crippen molar-refractivity contribution in [3.05, 3.63) is 58.3 Å².